The molecule has 27 heavy (non-hydrogen) atoms. The Balaban J connectivity index is 1.50. The Morgan fingerprint density at radius 1 is 1.15 bits per heavy atom. The average Bonchev–Trinajstić information content (AvgIpc) is 3.34. The van der Waals surface area contributed by atoms with Crippen LogP contribution in [0, 0.1) is 0 Å². The van der Waals surface area contributed by atoms with E-state index in [1.165, 1.54) is 17.3 Å². The number of thioether (sulfide) groups is 1. The first kappa shape index (κ1) is 17.5. The highest BCUT2D eigenvalue weighted by Crippen LogP contribution is 2.27. The highest BCUT2D eigenvalue weighted by Gasteiger charge is 2.21. The lowest BCUT2D eigenvalue weighted by atomic mass is 10.1. The molecule has 4 aromatic rings. The first-order chi connectivity index (χ1) is 13.2. The van der Waals surface area contributed by atoms with E-state index in [0.717, 1.165) is 22.9 Å². The summed E-state index contributed by atoms with van der Waals surface area (Å²) < 4.78 is 0. The highest BCUT2D eigenvalue weighted by molar-refractivity contribution is 8.00. The van der Waals surface area contributed by atoms with Gasteiger partial charge in [-0.15, -0.1) is 5.10 Å². The maximum absolute atomic E-state index is 12.9. The summed E-state index contributed by atoms with van der Waals surface area (Å²) in [5.74, 6) is 0.781. The van der Waals surface area contributed by atoms with Gasteiger partial charge in [0.2, 0.25) is 5.16 Å². The Hall–Kier alpha value is -2.86. The summed E-state index contributed by atoms with van der Waals surface area (Å²) in [5.41, 5.74) is 3.94. The number of fused-ring (bicyclic) bond motifs is 1. The summed E-state index contributed by atoms with van der Waals surface area (Å²) in [4.78, 5) is 20.6. The summed E-state index contributed by atoms with van der Waals surface area (Å²) in [6, 6.07) is 16.1. The fourth-order valence-corrected chi connectivity index (χ4v) is 3.83. The standard InChI is InChI=1S/C21H20N4OS/c1-3-14-8-10-15(11-9-14)20-23-21(25-24-20)27-13(2)19(26)17-12-22-18-7-5-4-6-16(17)18/h4-13,22H,3H2,1-2H3,(H,23,24,25)/t13-/m1/s1. The minimum Gasteiger partial charge on any atom is -0.360 e. The van der Waals surface area contributed by atoms with Gasteiger partial charge in [0.05, 0.1) is 5.25 Å². The Morgan fingerprint density at radius 2 is 1.93 bits per heavy atom. The zero-order chi connectivity index (χ0) is 18.8. The molecule has 2 N–H and O–H groups in total. The third kappa shape index (κ3) is 3.53. The van der Waals surface area contributed by atoms with E-state index < -0.39 is 0 Å². The normalized spacial score (nSPS) is 12.4. The van der Waals surface area contributed by atoms with E-state index in [1.54, 1.807) is 6.20 Å². The van der Waals surface area contributed by atoms with Crippen LogP contribution in [0.4, 0.5) is 0 Å². The number of aryl methyl sites for hydroxylation is 1. The van der Waals surface area contributed by atoms with Crippen molar-refractivity contribution in [1.29, 1.82) is 0 Å². The number of para-hydroxylation sites is 1. The first-order valence-electron chi connectivity index (χ1n) is 8.94. The maximum atomic E-state index is 12.9. The fraction of sp³-hybridized carbons (Fsp3) is 0.190. The van der Waals surface area contributed by atoms with E-state index in [9.17, 15) is 4.79 Å². The predicted octanol–water partition coefficient (Wildman–Crippen LogP) is 4.88. The van der Waals surface area contributed by atoms with Crippen LogP contribution in [0.1, 0.15) is 29.8 Å². The van der Waals surface area contributed by atoms with Crippen LogP contribution in [-0.4, -0.2) is 31.2 Å². The molecule has 0 bridgehead atoms. The number of rotatable bonds is 6. The summed E-state index contributed by atoms with van der Waals surface area (Å²) in [5, 5.41) is 8.47. The Labute approximate surface area is 161 Å². The summed E-state index contributed by atoms with van der Waals surface area (Å²) in [6.45, 7) is 4.02. The van der Waals surface area contributed by atoms with E-state index in [0.29, 0.717) is 16.5 Å². The van der Waals surface area contributed by atoms with Crippen molar-refractivity contribution in [2.75, 3.05) is 0 Å². The second kappa shape index (κ2) is 7.40. The Kier molecular flexibility index (Phi) is 4.81. The topological polar surface area (TPSA) is 74.4 Å². The molecule has 0 fully saturated rings. The number of aromatic nitrogens is 4. The number of hydrogen-bond acceptors (Lipinski definition) is 4. The molecular weight excluding hydrogens is 356 g/mol. The fourth-order valence-electron chi connectivity index (χ4n) is 3.03. The molecule has 0 spiro atoms. The van der Waals surface area contributed by atoms with Crippen molar-refractivity contribution in [1.82, 2.24) is 20.2 Å². The first-order valence-corrected chi connectivity index (χ1v) is 9.82. The number of nitrogens with one attached hydrogen (secondary N) is 2. The molecule has 5 nitrogen and oxygen atoms in total. The molecule has 0 unspecified atom stereocenters. The van der Waals surface area contributed by atoms with Gasteiger partial charge in [-0.25, -0.2) is 4.98 Å². The molecule has 0 saturated heterocycles. The van der Waals surface area contributed by atoms with Gasteiger partial charge in [-0.05, 0) is 25.0 Å². The summed E-state index contributed by atoms with van der Waals surface area (Å²) in [7, 11) is 0. The van der Waals surface area contributed by atoms with Crippen LogP contribution in [0.2, 0.25) is 0 Å². The van der Waals surface area contributed by atoms with Crippen molar-refractivity contribution in [2.45, 2.75) is 30.7 Å². The van der Waals surface area contributed by atoms with Crippen LogP contribution in [0.15, 0.2) is 59.9 Å². The average molecular weight is 376 g/mol. The summed E-state index contributed by atoms with van der Waals surface area (Å²) >= 11 is 1.36. The number of ketones is 1. The van der Waals surface area contributed by atoms with Crippen LogP contribution in [0.5, 0.6) is 0 Å². The van der Waals surface area contributed by atoms with Crippen molar-refractivity contribution >= 4 is 28.4 Å². The van der Waals surface area contributed by atoms with Crippen LogP contribution in [0.25, 0.3) is 22.3 Å². The molecule has 0 saturated carbocycles. The van der Waals surface area contributed by atoms with Gasteiger partial charge in [-0.3, -0.25) is 9.89 Å². The molecule has 0 aliphatic rings. The van der Waals surface area contributed by atoms with Crippen molar-refractivity contribution in [3.05, 3.63) is 65.9 Å². The molecule has 0 radical (unpaired) electrons. The van der Waals surface area contributed by atoms with Crippen molar-refractivity contribution in [2.24, 2.45) is 0 Å². The summed E-state index contributed by atoms with van der Waals surface area (Å²) in [6.07, 6.45) is 2.79. The molecule has 0 aliphatic heterocycles. The molecule has 1 atom stereocenters. The number of hydrogen-bond donors (Lipinski definition) is 2. The number of H-pyrrole nitrogens is 2. The molecule has 0 aliphatic carbocycles. The second-order valence-electron chi connectivity index (χ2n) is 6.39. The van der Waals surface area contributed by atoms with Gasteiger partial charge >= 0.3 is 0 Å². The highest BCUT2D eigenvalue weighted by atomic mass is 32.2. The largest absolute Gasteiger partial charge is 0.360 e. The molecule has 136 valence electrons. The lowest BCUT2D eigenvalue weighted by Crippen LogP contribution is -2.13. The quantitative estimate of drug-likeness (QED) is 0.371. The second-order valence-corrected chi connectivity index (χ2v) is 7.70. The van der Waals surface area contributed by atoms with E-state index in [2.05, 4.69) is 39.2 Å². The molecule has 2 aromatic heterocycles. The molecule has 2 aromatic carbocycles. The van der Waals surface area contributed by atoms with Gasteiger partial charge in [0, 0.05) is 28.2 Å². The van der Waals surface area contributed by atoms with E-state index in [4.69, 9.17) is 0 Å². The SMILES string of the molecule is CCc1ccc(-c2nc(S[C@H](C)C(=O)c3c[nH]c4ccccc34)n[nH]2)cc1. The molecule has 2 heterocycles. The van der Waals surface area contributed by atoms with Crippen LogP contribution in [-0.2, 0) is 6.42 Å². The lowest BCUT2D eigenvalue weighted by molar-refractivity contribution is 0.0995. The van der Waals surface area contributed by atoms with Gasteiger partial charge in [0.15, 0.2) is 11.6 Å². The number of Topliss-reactive ketones (excluding diaryl/α,β-unsaturated/α-hetero) is 1. The van der Waals surface area contributed by atoms with Crippen LogP contribution < -0.4 is 0 Å². The molecule has 4 rings (SSSR count). The van der Waals surface area contributed by atoms with Crippen molar-refractivity contribution in [3.8, 4) is 11.4 Å². The van der Waals surface area contributed by atoms with Crippen molar-refractivity contribution in [3.63, 3.8) is 0 Å². The third-order valence-electron chi connectivity index (χ3n) is 4.61. The number of benzene rings is 2. The Bertz CT molecular complexity index is 1080. The Morgan fingerprint density at radius 3 is 2.70 bits per heavy atom. The van der Waals surface area contributed by atoms with Crippen LogP contribution >= 0.6 is 11.8 Å². The van der Waals surface area contributed by atoms with E-state index >= 15 is 0 Å². The van der Waals surface area contributed by atoms with Gasteiger partial charge in [-0.2, -0.15) is 0 Å². The number of carbonyl (C=O) groups excluding carboxylic acids is 1. The van der Waals surface area contributed by atoms with Gasteiger partial charge < -0.3 is 4.98 Å². The smallest absolute Gasteiger partial charge is 0.209 e. The zero-order valence-corrected chi connectivity index (χ0v) is 16.0. The van der Waals surface area contributed by atoms with E-state index in [1.807, 2.05) is 43.3 Å². The maximum Gasteiger partial charge on any atom is 0.209 e. The lowest BCUT2D eigenvalue weighted by Gasteiger charge is -2.06. The van der Waals surface area contributed by atoms with Gasteiger partial charge in [0.25, 0.3) is 0 Å². The van der Waals surface area contributed by atoms with E-state index in [-0.39, 0.29) is 11.0 Å². The van der Waals surface area contributed by atoms with Gasteiger partial charge in [0.1, 0.15) is 0 Å². The number of carbonyl (C=O) groups is 1. The van der Waals surface area contributed by atoms with Crippen LogP contribution in [0.3, 0.4) is 0 Å². The molecular formula is C21H20N4OS. The number of nitrogens with zero attached hydrogens (tertiary/aromatic N) is 2. The zero-order valence-electron chi connectivity index (χ0n) is 15.2. The molecule has 0 amide bonds. The van der Waals surface area contributed by atoms with Gasteiger partial charge in [-0.1, -0.05) is 61.2 Å². The minimum atomic E-state index is -0.282. The number of aromatic amines is 2. The minimum absolute atomic E-state index is 0.0658. The molecule has 6 heteroatoms. The van der Waals surface area contributed by atoms with Crippen molar-refractivity contribution < 1.29 is 4.79 Å². The third-order valence-corrected chi connectivity index (χ3v) is 5.57. The monoisotopic (exact) mass is 376 g/mol. The predicted molar refractivity (Wildman–Crippen MR) is 109 cm³/mol.